The molecule has 22 heavy (non-hydrogen) atoms. The van der Waals surface area contributed by atoms with Crippen LogP contribution in [-0.2, 0) is 16.6 Å². The van der Waals surface area contributed by atoms with Crippen molar-refractivity contribution in [1.29, 1.82) is 0 Å². The highest BCUT2D eigenvalue weighted by atomic mass is 32.2. The Balaban J connectivity index is 2.14. The van der Waals surface area contributed by atoms with E-state index in [2.05, 4.69) is 0 Å². The van der Waals surface area contributed by atoms with Gasteiger partial charge >= 0.3 is 0 Å². The van der Waals surface area contributed by atoms with Crippen LogP contribution in [0.15, 0.2) is 54.6 Å². The molecule has 2 aromatic carbocycles. The van der Waals surface area contributed by atoms with E-state index in [1.165, 1.54) is 4.31 Å². The number of benzene rings is 2. The zero-order chi connectivity index (χ0) is 15.7. The minimum absolute atomic E-state index is 0.240. The summed E-state index contributed by atoms with van der Waals surface area (Å²) in [4.78, 5) is 12.5. The van der Waals surface area contributed by atoms with E-state index < -0.39 is 15.3 Å². The lowest BCUT2D eigenvalue weighted by Gasteiger charge is -2.34. The molecule has 0 amide bonds. The van der Waals surface area contributed by atoms with Crippen LogP contribution < -0.4 is 4.31 Å². The number of anilines is 1. The summed E-state index contributed by atoms with van der Waals surface area (Å²) in [5.74, 6) is -0.303. The zero-order valence-corrected chi connectivity index (χ0v) is 13.1. The van der Waals surface area contributed by atoms with Gasteiger partial charge in [0.1, 0.15) is 5.25 Å². The van der Waals surface area contributed by atoms with Gasteiger partial charge in [0, 0.05) is 5.56 Å². The molecule has 1 unspecified atom stereocenters. The van der Waals surface area contributed by atoms with E-state index >= 15 is 0 Å². The van der Waals surface area contributed by atoms with Gasteiger partial charge in [-0.1, -0.05) is 49.4 Å². The summed E-state index contributed by atoms with van der Waals surface area (Å²) >= 11 is 0. The average Bonchev–Trinajstić information content (AvgIpc) is 2.53. The Morgan fingerprint density at radius 3 is 2.32 bits per heavy atom. The monoisotopic (exact) mass is 315 g/mol. The van der Waals surface area contributed by atoms with Gasteiger partial charge in [0.25, 0.3) is 0 Å². The van der Waals surface area contributed by atoms with Crippen molar-refractivity contribution in [1.82, 2.24) is 0 Å². The van der Waals surface area contributed by atoms with Crippen LogP contribution >= 0.6 is 0 Å². The molecule has 1 heterocycles. The van der Waals surface area contributed by atoms with E-state index in [0.717, 1.165) is 5.56 Å². The van der Waals surface area contributed by atoms with E-state index in [1.54, 1.807) is 31.2 Å². The summed E-state index contributed by atoms with van der Waals surface area (Å²) in [5, 5.41) is -0.994. The van der Waals surface area contributed by atoms with Crippen LogP contribution in [0, 0.1) is 0 Å². The molecule has 0 fully saturated rings. The molecular weight excluding hydrogens is 298 g/mol. The van der Waals surface area contributed by atoms with Gasteiger partial charge in [0.2, 0.25) is 10.0 Å². The molecule has 3 rings (SSSR count). The predicted molar refractivity (Wildman–Crippen MR) is 86.4 cm³/mol. The Labute approximate surface area is 130 Å². The predicted octanol–water partition coefficient (Wildman–Crippen LogP) is 3.00. The first-order valence-corrected chi connectivity index (χ1v) is 8.74. The minimum Gasteiger partial charge on any atom is -0.293 e. The summed E-state index contributed by atoms with van der Waals surface area (Å²) in [7, 11) is -3.69. The third-order valence-corrected chi connectivity index (χ3v) is 6.14. The third-order valence-electron chi connectivity index (χ3n) is 3.94. The SMILES string of the molecule is CCC1C(=O)c2ccccc2N(Cc2ccccc2)S1(=O)=O. The fourth-order valence-corrected chi connectivity index (χ4v) is 4.71. The van der Waals surface area contributed by atoms with E-state index in [1.807, 2.05) is 30.3 Å². The number of carbonyl (C=O) groups is 1. The lowest BCUT2D eigenvalue weighted by atomic mass is 10.0. The van der Waals surface area contributed by atoms with Crippen LogP contribution in [0.25, 0.3) is 0 Å². The average molecular weight is 315 g/mol. The topological polar surface area (TPSA) is 54.5 Å². The Kier molecular flexibility index (Phi) is 3.74. The van der Waals surface area contributed by atoms with E-state index in [4.69, 9.17) is 0 Å². The first-order chi connectivity index (χ1) is 10.6. The van der Waals surface area contributed by atoms with Crippen LogP contribution in [0.1, 0.15) is 29.3 Å². The van der Waals surface area contributed by atoms with Gasteiger partial charge < -0.3 is 0 Å². The molecule has 0 saturated carbocycles. The van der Waals surface area contributed by atoms with Crippen LogP contribution in [0.3, 0.4) is 0 Å². The second-order valence-electron chi connectivity index (χ2n) is 5.32. The quantitative estimate of drug-likeness (QED) is 0.875. The van der Waals surface area contributed by atoms with Gasteiger partial charge in [0.15, 0.2) is 5.78 Å². The van der Waals surface area contributed by atoms with Crippen molar-refractivity contribution in [2.45, 2.75) is 25.1 Å². The lowest BCUT2D eigenvalue weighted by molar-refractivity contribution is 0.0983. The molecule has 0 spiro atoms. The number of para-hydroxylation sites is 1. The first-order valence-electron chi connectivity index (χ1n) is 7.24. The number of ketones is 1. The fraction of sp³-hybridized carbons (Fsp3) is 0.235. The second-order valence-corrected chi connectivity index (χ2v) is 7.36. The van der Waals surface area contributed by atoms with Crippen LogP contribution in [0.5, 0.6) is 0 Å². The molecule has 0 bridgehead atoms. The van der Waals surface area contributed by atoms with Crippen LogP contribution in [-0.4, -0.2) is 19.5 Å². The lowest BCUT2D eigenvalue weighted by Crippen LogP contribution is -2.47. The van der Waals surface area contributed by atoms with Crippen molar-refractivity contribution in [3.05, 3.63) is 65.7 Å². The Morgan fingerprint density at radius 2 is 1.64 bits per heavy atom. The molecule has 5 heteroatoms. The van der Waals surface area contributed by atoms with Crippen LogP contribution in [0.4, 0.5) is 5.69 Å². The summed E-state index contributed by atoms with van der Waals surface area (Å²) in [6.07, 6.45) is 0.279. The molecule has 114 valence electrons. The maximum atomic E-state index is 12.8. The summed E-state index contributed by atoms with van der Waals surface area (Å²) in [5.41, 5.74) is 1.85. The molecule has 0 saturated heterocycles. The molecule has 0 aromatic heterocycles. The standard InChI is InChI=1S/C17H17NO3S/c1-2-16-17(19)14-10-6-7-11-15(14)18(22(16,20)21)12-13-8-4-3-5-9-13/h3-11,16H,2,12H2,1H3. The van der Waals surface area contributed by atoms with Gasteiger partial charge in [0.05, 0.1) is 12.2 Å². The smallest absolute Gasteiger partial charge is 0.245 e. The molecule has 1 aliphatic rings. The molecule has 0 N–H and O–H groups in total. The van der Waals surface area contributed by atoms with Gasteiger partial charge in [-0.25, -0.2) is 8.42 Å². The van der Waals surface area contributed by atoms with Gasteiger partial charge in [-0.3, -0.25) is 9.10 Å². The number of Topliss-reactive ketones (excluding diaryl/α,β-unsaturated/α-hetero) is 1. The molecule has 1 atom stereocenters. The number of hydrogen-bond donors (Lipinski definition) is 0. The molecular formula is C17H17NO3S. The highest BCUT2D eigenvalue weighted by Gasteiger charge is 2.43. The number of carbonyl (C=O) groups excluding carboxylic acids is 1. The Hall–Kier alpha value is -2.14. The number of nitrogens with zero attached hydrogens (tertiary/aromatic N) is 1. The molecule has 0 radical (unpaired) electrons. The van der Waals surface area contributed by atoms with E-state index in [0.29, 0.717) is 11.3 Å². The Bertz CT molecular complexity index is 800. The van der Waals surface area contributed by atoms with Crippen molar-refractivity contribution < 1.29 is 13.2 Å². The maximum absolute atomic E-state index is 12.8. The fourth-order valence-electron chi connectivity index (χ4n) is 2.82. The largest absolute Gasteiger partial charge is 0.293 e. The first kappa shape index (κ1) is 14.8. The Morgan fingerprint density at radius 1 is 1.00 bits per heavy atom. The van der Waals surface area contributed by atoms with Crippen molar-refractivity contribution in [3.8, 4) is 0 Å². The second kappa shape index (κ2) is 5.57. The number of sulfonamides is 1. The van der Waals surface area contributed by atoms with Gasteiger partial charge in [-0.15, -0.1) is 0 Å². The van der Waals surface area contributed by atoms with Gasteiger partial charge in [-0.05, 0) is 24.1 Å². The zero-order valence-electron chi connectivity index (χ0n) is 12.3. The van der Waals surface area contributed by atoms with Crippen molar-refractivity contribution in [2.75, 3.05) is 4.31 Å². The molecule has 2 aromatic rings. The normalized spacial score (nSPS) is 19.8. The third kappa shape index (κ3) is 2.31. The summed E-state index contributed by atoms with van der Waals surface area (Å²) in [6, 6.07) is 16.3. The molecule has 0 aliphatic carbocycles. The molecule has 1 aliphatic heterocycles. The number of fused-ring (bicyclic) bond motifs is 1. The van der Waals surface area contributed by atoms with Crippen molar-refractivity contribution in [2.24, 2.45) is 0 Å². The van der Waals surface area contributed by atoms with Gasteiger partial charge in [-0.2, -0.15) is 0 Å². The highest BCUT2D eigenvalue weighted by Crippen LogP contribution is 2.35. The maximum Gasteiger partial charge on any atom is 0.245 e. The highest BCUT2D eigenvalue weighted by molar-refractivity contribution is 7.94. The van der Waals surface area contributed by atoms with Crippen LogP contribution in [0.2, 0.25) is 0 Å². The van der Waals surface area contributed by atoms with Crippen molar-refractivity contribution >= 4 is 21.5 Å². The van der Waals surface area contributed by atoms with E-state index in [9.17, 15) is 13.2 Å². The minimum atomic E-state index is -3.69. The number of hydrogen-bond acceptors (Lipinski definition) is 3. The van der Waals surface area contributed by atoms with Crippen molar-refractivity contribution in [3.63, 3.8) is 0 Å². The molecule has 4 nitrogen and oxygen atoms in total. The number of rotatable bonds is 3. The summed E-state index contributed by atoms with van der Waals surface area (Å²) < 4.78 is 27.0. The van der Waals surface area contributed by atoms with E-state index in [-0.39, 0.29) is 18.7 Å². The summed E-state index contributed by atoms with van der Waals surface area (Å²) in [6.45, 7) is 1.97.